The zero-order valence-electron chi connectivity index (χ0n) is 9.91. The smallest absolute Gasteiger partial charge is 0.0343 e. The summed E-state index contributed by atoms with van der Waals surface area (Å²) >= 11 is 2.09. The van der Waals surface area contributed by atoms with Crippen molar-refractivity contribution < 1.29 is 0 Å². The van der Waals surface area contributed by atoms with E-state index in [9.17, 15) is 0 Å². The lowest BCUT2D eigenvalue weighted by molar-refractivity contribution is 0.444. The van der Waals surface area contributed by atoms with Crippen molar-refractivity contribution in [3.63, 3.8) is 0 Å². The van der Waals surface area contributed by atoms with Crippen LogP contribution in [0.4, 0.5) is 0 Å². The normalized spacial score (nSPS) is 20.8. The van der Waals surface area contributed by atoms with Gasteiger partial charge in [0.05, 0.1) is 0 Å². The third-order valence-corrected chi connectivity index (χ3v) is 4.86. The lowest BCUT2D eigenvalue weighted by Crippen LogP contribution is -2.25. The highest BCUT2D eigenvalue weighted by molar-refractivity contribution is 7.97. The Morgan fingerprint density at radius 2 is 2.19 bits per heavy atom. The van der Waals surface area contributed by atoms with E-state index in [1.165, 1.54) is 31.4 Å². The summed E-state index contributed by atoms with van der Waals surface area (Å²) < 4.78 is 2.56. The molecule has 1 nitrogen and oxygen atoms in total. The van der Waals surface area contributed by atoms with Gasteiger partial charge in [0, 0.05) is 18.3 Å². The second-order valence-corrected chi connectivity index (χ2v) is 6.27. The Balaban J connectivity index is 1.73. The average Bonchev–Trinajstić information content (AvgIpc) is 3.12. The molecule has 16 heavy (non-hydrogen) atoms. The first-order valence-corrected chi connectivity index (χ1v) is 7.21. The molecule has 2 aliphatic rings. The third-order valence-electron chi connectivity index (χ3n) is 3.48. The molecule has 1 heterocycles. The monoisotopic (exact) mass is 233 g/mol. The Kier molecular flexibility index (Phi) is 2.95. The van der Waals surface area contributed by atoms with Crippen LogP contribution in [-0.2, 0) is 19.4 Å². The highest BCUT2D eigenvalue weighted by Crippen LogP contribution is 2.38. The topological polar surface area (TPSA) is 3.24 Å². The van der Waals surface area contributed by atoms with E-state index in [0.717, 1.165) is 18.2 Å². The lowest BCUT2D eigenvalue weighted by Gasteiger charge is -2.28. The van der Waals surface area contributed by atoms with E-state index in [0.29, 0.717) is 0 Å². The van der Waals surface area contributed by atoms with Gasteiger partial charge in [-0.1, -0.05) is 37.1 Å². The van der Waals surface area contributed by atoms with Crippen LogP contribution < -0.4 is 0 Å². The maximum atomic E-state index is 2.56. The summed E-state index contributed by atoms with van der Waals surface area (Å²) in [5.41, 5.74) is 4.63. The first-order valence-electron chi connectivity index (χ1n) is 6.37. The van der Waals surface area contributed by atoms with Crippen LogP contribution in [0.5, 0.6) is 0 Å². The number of nitrogens with zero attached hydrogens (tertiary/aromatic N) is 1. The molecule has 1 aromatic carbocycles. The van der Waals surface area contributed by atoms with Crippen LogP contribution in [0.2, 0.25) is 0 Å². The summed E-state index contributed by atoms with van der Waals surface area (Å²) in [6, 6.07) is 7.05. The second kappa shape index (κ2) is 4.42. The maximum absolute atomic E-state index is 2.56. The first-order chi connectivity index (χ1) is 7.85. The van der Waals surface area contributed by atoms with E-state index >= 15 is 0 Å². The second-order valence-electron chi connectivity index (χ2n) is 4.87. The van der Waals surface area contributed by atoms with E-state index in [4.69, 9.17) is 0 Å². The summed E-state index contributed by atoms with van der Waals surface area (Å²) in [5, 5.41) is 0.941. The summed E-state index contributed by atoms with van der Waals surface area (Å²) in [6.45, 7) is 4.63. The molecular formula is C14H19NS. The van der Waals surface area contributed by atoms with E-state index < -0.39 is 0 Å². The molecule has 0 atom stereocenters. The van der Waals surface area contributed by atoms with E-state index in [1.54, 1.807) is 11.1 Å². The molecule has 0 bridgehead atoms. The molecule has 1 aliphatic carbocycles. The third kappa shape index (κ3) is 2.28. The van der Waals surface area contributed by atoms with Crippen molar-refractivity contribution >= 4 is 11.9 Å². The summed E-state index contributed by atoms with van der Waals surface area (Å²) in [5.74, 6) is 0. The predicted octanol–water partition coefficient (Wildman–Crippen LogP) is 3.42. The Hall–Kier alpha value is -0.470. The van der Waals surface area contributed by atoms with Crippen molar-refractivity contribution in [3.05, 3.63) is 34.9 Å². The molecule has 1 fully saturated rings. The Morgan fingerprint density at radius 1 is 1.31 bits per heavy atom. The summed E-state index contributed by atoms with van der Waals surface area (Å²) in [7, 11) is 0. The molecule has 0 N–H and O–H groups in total. The van der Waals surface area contributed by atoms with Gasteiger partial charge < -0.3 is 0 Å². The van der Waals surface area contributed by atoms with Crippen molar-refractivity contribution in [2.45, 2.75) is 44.4 Å². The molecule has 2 heteroatoms. The molecule has 0 aromatic heterocycles. The quantitative estimate of drug-likeness (QED) is 0.736. The van der Waals surface area contributed by atoms with Gasteiger partial charge in [0.1, 0.15) is 0 Å². The van der Waals surface area contributed by atoms with Gasteiger partial charge in [-0.2, -0.15) is 0 Å². The Bertz CT molecular complexity index is 384. The molecule has 1 saturated carbocycles. The van der Waals surface area contributed by atoms with Gasteiger partial charge in [-0.05, 0) is 42.4 Å². The molecular weight excluding hydrogens is 214 g/mol. The molecule has 1 aliphatic heterocycles. The minimum absolute atomic E-state index is 0.941. The van der Waals surface area contributed by atoms with Crippen LogP contribution in [0.25, 0.3) is 0 Å². The van der Waals surface area contributed by atoms with Gasteiger partial charge in [0.25, 0.3) is 0 Å². The van der Waals surface area contributed by atoms with E-state index in [1.807, 2.05) is 0 Å². The van der Waals surface area contributed by atoms with Crippen LogP contribution >= 0.6 is 11.9 Å². The molecule has 86 valence electrons. The molecule has 1 aromatic rings. The fourth-order valence-corrected chi connectivity index (χ4v) is 3.45. The molecule has 0 spiro atoms. The fourth-order valence-electron chi connectivity index (χ4n) is 2.27. The zero-order valence-corrected chi connectivity index (χ0v) is 10.7. The SMILES string of the molecule is CCc1ccc2c(c1)CCN(SC1CC1)C2. The predicted molar refractivity (Wildman–Crippen MR) is 70.5 cm³/mol. The Morgan fingerprint density at radius 3 is 2.94 bits per heavy atom. The fraction of sp³-hybridized carbons (Fsp3) is 0.571. The van der Waals surface area contributed by atoms with E-state index in [2.05, 4.69) is 41.4 Å². The number of rotatable bonds is 3. The van der Waals surface area contributed by atoms with Crippen LogP contribution in [0.1, 0.15) is 36.5 Å². The van der Waals surface area contributed by atoms with Gasteiger partial charge in [0.2, 0.25) is 0 Å². The van der Waals surface area contributed by atoms with Crippen molar-refractivity contribution in [3.8, 4) is 0 Å². The van der Waals surface area contributed by atoms with Gasteiger partial charge in [-0.3, -0.25) is 0 Å². The maximum Gasteiger partial charge on any atom is 0.0343 e. The van der Waals surface area contributed by atoms with Crippen LogP contribution in [0, 0.1) is 0 Å². The number of hydrogen-bond donors (Lipinski definition) is 0. The van der Waals surface area contributed by atoms with Crippen molar-refractivity contribution in [2.75, 3.05) is 6.54 Å². The van der Waals surface area contributed by atoms with Crippen LogP contribution in [0.15, 0.2) is 18.2 Å². The Labute approximate surface area is 102 Å². The number of fused-ring (bicyclic) bond motifs is 1. The lowest BCUT2D eigenvalue weighted by atomic mass is 9.98. The number of hydrogen-bond acceptors (Lipinski definition) is 2. The van der Waals surface area contributed by atoms with Gasteiger partial charge in [-0.25, -0.2) is 4.31 Å². The van der Waals surface area contributed by atoms with Crippen molar-refractivity contribution in [1.82, 2.24) is 4.31 Å². The van der Waals surface area contributed by atoms with Crippen molar-refractivity contribution in [2.24, 2.45) is 0 Å². The number of benzene rings is 1. The van der Waals surface area contributed by atoms with Gasteiger partial charge in [0.15, 0.2) is 0 Å². The first kappa shape index (κ1) is 10.7. The standard InChI is InChI=1S/C14H19NS/c1-2-11-3-4-13-10-15(16-14-5-6-14)8-7-12(13)9-11/h3-4,9,14H,2,5-8,10H2,1H3. The molecule has 0 radical (unpaired) electrons. The number of aryl methyl sites for hydroxylation is 1. The molecule has 0 unspecified atom stereocenters. The summed E-state index contributed by atoms with van der Waals surface area (Å²) in [4.78, 5) is 0. The highest BCUT2D eigenvalue weighted by Gasteiger charge is 2.27. The van der Waals surface area contributed by atoms with Crippen molar-refractivity contribution in [1.29, 1.82) is 0 Å². The zero-order chi connectivity index (χ0) is 11.0. The highest BCUT2D eigenvalue weighted by atomic mass is 32.2. The molecule has 0 saturated heterocycles. The minimum atomic E-state index is 0.941. The minimum Gasteiger partial charge on any atom is -0.246 e. The van der Waals surface area contributed by atoms with E-state index in [-0.39, 0.29) is 0 Å². The molecule has 3 rings (SSSR count). The van der Waals surface area contributed by atoms with Crippen LogP contribution in [-0.4, -0.2) is 16.1 Å². The molecule has 0 amide bonds. The van der Waals surface area contributed by atoms with Gasteiger partial charge >= 0.3 is 0 Å². The summed E-state index contributed by atoms with van der Waals surface area (Å²) in [6.07, 6.45) is 5.27. The largest absolute Gasteiger partial charge is 0.246 e. The van der Waals surface area contributed by atoms with Gasteiger partial charge in [-0.15, -0.1) is 0 Å². The average molecular weight is 233 g/mol. The van der Waals surface area contributed by atoms with Crippen LogP contribution in [0.3, 0.4) is 0 Å².